The van der Waals surface area contributed by atoms with E-state index < -0.39 is 5.60 Å². The maximum absolute atomic E-state index is 11.0. The van der Waals surface area contributed by atoms with Gasteiger partial charge in [-0.1, -0.05) is 0 Å². The standard InChI is InChI=1S/C16H18N2O2/c1-11(19)6-7-18-14-9-16(2,3)20-15-5-4-12(10-17)8-13(14)15/h4-5,8,14,18H,6-7H2,1-3H3. The zero-order chi connectivity index (χ0) is 14.8. The highest BCUT2D eigenvalue weighted by atomic mass is 16.5. The molecular weight excluding hydrogens is 252 g/mol. The lowest BCUT2D eigenvalue weighted by Gasteiger charge is -2.37. The maximum Gasteiger partial charge on any atom is 0.131 e. The third kappa shape index (κ3) is 3.37. The van der Waals surface area contributed by atoms with E-state index in [1.165, 1.54) is 0 Å². The van der Waals surface area contributed by atoms with E-state index in [4.69, 9.17) is 10.00 Å². The number of ether oxygens (including phenoxy) is 1. The topological polar surface area (TPSA) is 62.1 Å². The Kier molecular flexibility index (Phi) is 4.10. The molecule has 1 N–H and O–H groups in total. The van der Waals surface area contributed by atoms with E-state index in [0.717, 1.165) is 11.3 Å². The number of Topliss-reactive ketones (excluding diaryl/α,β-unsaturated/α-hetero) is 1. The number of nitrogens with one attached hydrogen (secondary N) is 1. The Morgan fingerprint density at radius 1 is 1.55 bits per heavy atom. The first-order valence-electron chi connectivity index (χ1n) is 6.65. The van der Waals surface area contributed by atoms with E-state index in [1.54, 1.807) is 13.0 Å². The minimum absolute atomic E-state index is 0.138. The number of ketones is 1. The molecule has 2 radical (unpaired) electrons. The van der Waals surface area contributed by atoms with Crippen LogP contribution in [-0.2, 0) is 4.79 Å². The van der Waals surface area contributed by atoms with Gasteiger partial charge in [-0.25, -0.2) is 0 Å². The Bertz CT molecular complexity index is 558. The van der Waals surface area contributed by atoms with Gasteiger partial charge < -0.3 is 10.1 Å². The number of carbonyl (C=O) groups excluding carboxylic acids is 1. The highest BCUT2D eigenvalue weighted by molar-refractivity contribution is 5.75. The lowest BCUT2D eigenvalue weighted by Crippen LogP contribution is -2.40. The molecular formula is C16H18N2O2. The lowest BCUT2D eigenvalue weighted by molar-refractivity contribution is -0.116. The van der Waals surface area contributed by atoms with Crippen molar-refractivity contribution in [2.45, 2.75) is 38.8 Å². The molecule has 104 valence electrons. The van der Waals surface area contributed by atoms with Gasteiger partial charge in [-0.3, -0.25) is 4.79 Å². The first-order chi connectivity index (χ1) is 9.41. The molecule has 0 spiro atoms. The minimum atomic E-state index is -0.505. The average molecular weight is 270 g/mol. The number of benzene rings is 1. The molecule has 4 nitrogen and oxygen atoms in total. The SMILES string of the molecule is CC(=O)CCNC1[C]C(C)(C)Oc2ccc(C#N)cc21. The second kappa shape index (κ2) is 5.64. The van der Waals surface area contributed by atoms with Crippen LogP contribution in [0.4, 0.5) is 0 Å². The summed E-state index contributed by atoms with van der Waals surface area (Å²) >= 11 is 0. The molecule has 1 aromatic rings. The molecule has 1 aromatic carbocycles. The monoisotopic (exact) mass is 270 g/mol. The van der Waals surface area contributed by atoms with Gasteiger partial charge in [-0.05, 0) is 39.0 Å². The van der Waals surface area contributed by atoms with Crippen LogP contribution >= 0.6 is 0 Å². The average Bonchev–Trinajstić information content (AvgIpc) is 2.36. The zero-order valence-electron chi connectivity index (χ0n) is 12.0. The summed E-state index contributed by atoms with van der Waals surface area (Å²) in [5.74, 6) is 0.905. The summed E-state index contributed by atoms with van der Waals surface area (Å²) in [6, 6.07) is 7.36. The molecule has 0 amide bonds. The minimum Gasteiger partial charge on any atom is -0.487 e. The van der Waals surface area contributed by atoms with Crippen molar-refractivity contribution in [3.8, 4) is 11.8 Å². The van der Waals surface area contributed by atoms with Crippen LogP contribution in [-0.4, -0.2) is 17.9 Å². The summed E-state index contributed by atoms with van der Waals surface area (Å²) in [6.45, 7) is 6.03. The fraction of sp³-hybridized carbons (Fsp3) is 0.438. The van der Waals surface area contributed by atoms with E-state index >= 15 is 0 Å². The van der Waals surface area contributed by atoms with E-state index in [1.807, 2.05) is 26.0 Å². The van der Waals surface area contributed by atoms with Gasteiger partial charge in [0, 0.05) is 24.6 Å². The summed E-state index contributed by atoms with van der Waals surface area (Å²) in [5, 5.41) is 12.3. The van der Waals surface area contributed by atoms with E-state index in [2.05, 4.69) is 17.8 Å². The second-order valence-electron chi connectivity index (χ2n) is 5.46. The molecule has 0 fully saturated rings. The molecule has 1 atom stereocenters. The molecule has 1 aliphatic rings. The molecule has 20 heavy (non-hydrogen) atoms. The van der Waals surface area contributed by atoms with Crippen molar-refractivity contribution in [3.05, 3.63) is 35.7 Å². The van der Waals surface area contributed by atoms with Crippen LogP contribution in [0.1, 0.15) is 44.4 Å². The Morgan fingerprint density at radius 2 is 2.30 bits per heavy atom. The van der Waals surface area contributed by atoms with Gasteiger partial charge in [-0.2, -0.15) is 5.26 Å². The molecule has 0 aliphatic carbocycles. The van der Waals surface area contributed by atoms with Gasteiger partial charge in [0.1, 0.15) is 17.1 Å². The van der Waals surface area contributed by atoms with E-state index in [9.17, 15) is 4.79 Å². The highest BCUT2D eigenvalue weighted by Crippen LogP contribution is 2.39. The normalized spacial score (nSPS) is 19.6. The summed E-state index contributed by atoms with van der Waals surface area (Å²) in [5.41, 5.74) is 0.980. The van der Waals surface area contributed by atoms with Crippen LogP contribution in [0.15, 0.2) is 18.2 Å². The zero-order valence-corrected chi connectivity index (χ0v) is 12.0. The molecule has 1 unspecified atom stereocenters. The molecule has 1 heterocycles. The summed E-state index contributed by atoms with van der Waals surface area (Å²) in [4.78, 5) is 11.0. The number of hydrogen-bond donors (Lipinski definition) is 1. The second-order valence-corrected chi connectivity index (χ2v) is 5.46. The van der Waals surface area contributed by atoms with Crippen LogP contribution in [0.5, 0.6) is 5.75 Å². The van der Waals surface area contributed by atoms with Crippen molar-refractivity contribution in [2.75, 3.05) is 6.54 Å². The van der Waals surface area contributed by atoms with Gasteiger partial charge in [0.05, 0.1) is 18.1 Å². The fourth-order valence-corrected chi connectivity index (χ4v) is 2.22. The van der Waals surface area contributed by atoms with Crippen molar-refractivity contribution < 1.29 is 9.53 Å². The number of nitriles is 1. The lowest BCUT2D eigenvalue weighted by atomic mass is 9.89. The predicted octanol–water partition coefficient (Wildman–Crippen LogP) is 2.42. The van der Waals surface area contributed by atoms with Crippen molar-refractivity contribution in [1.29, 1.82) is 5.26 Å². The smallest absolute Gasteiger partial charge is 0.131 e. The number of hydrogen-bond acceptors (Lipinski definition) is 4. The quantitative estimate of drug-likeness (QED) is 0.912. The summed E-state index contributed by atoms with van der Waals surface area (Å²) < 4.78 is 5.85. The number of fused-ring (bicyclic) bond motifs is 1. The summed E-state index contributed by atoms with van der Waals surface area (Å²) in [7, 11) is 0. The molecule has 2 rings (SSSR count). The number of carbonyl (C=O) groups is 1. The van der Waals surface area contributed by atoms with Crippen molar-refractivity contribution in [2.24, 2.45) is 0 Å². The van der Waals surface area contributed by atoms with Crippen molar-refractivity contribution in [3.63, 3.8) is 0 Å². The Morgan fingerprint density at radius 3 is 2.95 bits per heavy atom. The van der Waals surface area contributed by atoms with Gasteiger partial charge in [0.15, 0.2) is 0 Å². The van der Waals surface area contributed by atoms with Gasteiger partial charge in [0.2, 0.25) is 0 Å². The van der Waals surface area contributed by atoms with Crippen LogP contribution in [0.25, 0.3) is 0 Å². The maximum atomic E-state index is 11.0. The number of nitrogens with zero attached hydrogens (tertiary/aromatic N) is 1. The van der Waals surface area contributed by atoms with Crippen LogP contribution in [0.3, 0.4) is 0 Å². The Hall–Kier alpha value is -1.86. The molecule has 0 saturated heterocycles. The van der Waals surface area contributed by atoms with Crippen molar-refractivity contribution in [1.82, 2.24) is 5.32 Å². The first-order valence-corrected chi connectivity index (χ1v) is 6.65. The number of rotatable bonds is 4. The third-order valence-electron chi connectivity index (χ3n) is 3.13. The molecule has 0 aromatic heterocycles. The largest absolute Gasteiger partial charge is 0.487 e. The van der Waals surface area contributed by atoms with Crippen LogP contribution in [0, 0.1) is 17.8 Å². The molecule has 4 heteroatoms. The van der Waals surface area contributed by atoms with Gasteiger partial charge in [-0.15, -0.1) is 0 Å². The van der Waals surface area contributed by atoms with Crippen LogP contribution < -0.4 is 10.1 Å². The Labute approximate surface area is 119 Å². The first kappa shape index (κ1) is 14.5. The Balaban J connectivity index is 2.23. The summed E-state index contributed by atoms with van der Waals surface area (Å²) in [6.07, 6.45) is 3.80. The van der Waals surface area contributed by atoms with Crippen LogP contribution in [0.2, 0.25) is 0 Å². The van der Waals surface area contributed by atoms with Gasteiger partial charge >= 0.3 is 0 Å². The van der Waals surface area contributed by atoms with Crippen molar-refractivity contribution >= 4 is 5.78 Å². The van der Waals surface area contributed by atoms with Gasteiger partial charge in [0.25, 0.3) is 0 Å². The van der Waals surface area contributed by atoms with E-state index in [-0.39, 0.29) is 11.8 Å². The third-order valence-corrected chi connectivity index (χ3v) is 3.13. The highest BCUT2D eigenvalue weighted by Gasteiger charge is 2.34. The molecule has 0 bridgehead atoms. The van der Waals surface area contributed by atoms with E-state index in [0.29, 0.717) is 18.5 Å². The molecule has 0 saturated carbocycles. The predicted molar refractivity (Wildman–Crippen MR) is 75.1 cm³/mol. The fourth-order valence-electron chi connectivity index (χ4n) is 2.22. The molecule has 1 aliphatic heterocycles.